The molecular formula is C19H20ClN5O2. The third kappa shape index (κ3) is 3.64. The maximum atomic E-state index is 12.6. The monoisotopic (exact) mass is 385 g/mol. The average Bonchev–Trinajstić information content (AvgIpc) is 2.90. The van der Waals surface area contributed by atoms with Gasteiger partial charge in [0.15, 0.2) is 0 Å². The van der Waals surface area contributed by atoms with Crippen molar-refractivity contribution in [3.8, 4) is 5.95 Å². The first-order chi connectivity index (χ1) is 12.8. The number of nitrogens with one attached hydrogen (secondary N) is 2. The van der Waals surface area contributed by atoms with Crippen LogP contribution in [0.4, 0.5) is 5.82 Å². The van der Waals surface area contributed by atoms with Gasteiger partial charge in [-0.2, -0.15) is 9.78 Å². The first-order valence-electron chi connectivity index (χ1n) is 8.55. The molecule has 0 unspecified atom stereocenters. The van der Waals surface area contributed by atoms with Gasteiger partial charge >= 0.3 is 0 Å². The standard InChI is InChI=1S/C19H20ClN5O2/c1-5-15-12(4)21-19(23-18(15)27)25-16(10(2)11(3)24-25)22-17(26)13-6-8-14(20)9-7-13/h6-9H,5H2,1-4H3,(H,22,26)(H,21,23,27). The van der Waals surface area contributed by atoms with Gasteiger partial charge in [0.25, 0.3) is 11.5 Å². The number of aryl methyl sites for hydroxylation is 2. The van der Waals surface area contributed by atoms with Crippen LogP contribution < -0.4 is 10.9 Å². The SMILES string of the molecule is CCc1c(C)nc(-n2nc(C)c(C)c2NC(=O)c2ccc(Cl)cc2)[nH]c1=O. The summed E-state index contributed by atoms with van der Waals surface area (Å²) in [6.45, 7) is 7.36. The van der Waals surface area contributed by atoms with E-state index in [9.17, 15) is 9.59 Å². The fourth-order valence-electron chi connectivity index (χ4n) is 2.80. The number of carbonyl (C=O) groups is 1. The summed E-state index contributed by atoms with van der Waals surface area (Å²) in [7, 11) is 0. The van der Waals surface area contributed by atoms with Crippen molar-refractivity contribution >= 4 is 23.3 Å². The summed E-state index contributed by atoms with van der Waals surface area (Å²) in [5.41, 5.74) is 3.03. The summed E-state index contributed by atoms with van der Waals surface area (Å²) >= 11 is 5.88. The lowest BCUT2D eigenvalue weighted by molar-refractivity contribution is 0.102. The number of rotatable bonds is 4. The van der Waals surface area contributed by atoms with E-state index in [1.807, 2.05) is 20.8 Å². The first kappa shape index (κ1) is 18.8. The Morgan fingerprint density at radius 3 is 2.44 bits per heavy atom. The van der Waals surface area contributed by atoms with Gasteiger partial charge in [0.05, 0.1) is 5.69 Å². The number of hydrogen-bond donors (Lipinski definition) is 2. The summed E-state index contributed by atoms with van der Waals surface area (Å²) in [5, 5.41) is 7.84. The number of nitrogens with zero attached hydrogens (tertiary/aromatic N) is 3. The van der Waals surface area contributed by atoms with Gasteiger partial charge in [-0.15, -0.1) is 0 Å². The van der Waals surface area contributed by atoms with Crippen molar-refractivity contribution < 1.29 is 4.79 Å². The van der Waals surface area contributed by atoms with E-state index in [1.165, 1.54) is 4.68 Å². The zero-order valence-electron chi connectivity index (χ0n) is 15.6. The van der Waals surface area contributed by atoms with Gasteiger partial charge in [-0.3, -0.25) is 14.6 Å². The molecule has 0 fully saturated rings. The molecule has 1 amide bonds. The van der Waals surface area contributed by atoms with E-state index in [4.69, 9.17) is 11.6 Å². The largest absolute Gasteiger partial charge is 0.306 e. The van der Waals surface area contributed by atoms with Crippen LogP contribution in [0.5, 0.6) is 0 Å². The van der Waals surface area contributed by atoms with E-state index in [0.29, 0.717) is 34.1 Å². The fourth-order valence-corrected chi connectivity index (χ4v) is 2.92. The molecule has 1 aromatic carbocycles. The van der Waals surface area contributed by atoms with Crippen molar-refractivity contribution in [2.24, 2.45) is 0 Å². The highest BCUT2D eigenvalue weighted by atomic mass is 35.5. The third-order valence-electron chi connectivity index (χ3n) is 4.46. The Morgan fingerprint density at radius 2 is 1.85 bits per heavy atom. The summed E-state index contributed by atoms with van der Waals surface area (Å²) in [5.74, 6) is 0.414. The molecule has 0 radical (unpaired) electrons. The zero-order chi connectivity index (χ0) is 19.7. The zero-order valence-corrected chi connectivity index (χ0v) is 16.3. The van der Waals surface area contributed by atoms with Crippen molar-refractivity contribution in [1.82, 2.24) is 19.7 Å². The van der Waals surface area contributed by atoms with Crippen LogP contribution in [0.1, 0.15) is 39.8 Å². The van der Waals surface area contributed by atoms with Gasteiger partial charge in [-0.25, -0.2) is 4.98 Å². The second kappa shape index (κ2) is 7.36. The predicted molar refractivity (Wildman–Crippen MR) is 105 cm³/mol. The van der Waals surface area contributed by atoms with E-state index in [2.05, 4.69) is 20.4 Å². The molecule has 2 aromatic heterocycles. The molecular weight excluding hydrogens is 366 g/mol. The second-order valence-corrected chi connectivity index (χ2v) is 6.68. The summed E-state index contributed by atoms with van der Waals surface area (Å²) < 4.78 is 1.45. The highest BCUT2D eigenvalue weighted by Crippen LogP contribution is 2.22. The highest BCUT2D eigenvalue weighted by Gasteiger charge is 2.19. The molecule has 0 aliphatic rings. The molecule has 0 spiro atoms. The lowest BCUT2D eigenvalue weighted by atomic mass is 10.2. The van der Waals surface area contributed by atoms with Gasteiger partial charge < -0.3 is 5.32 Å². The van der Waals surface area contributed by atoms with E-state index in [1.54, 1.807) is 31.2 Å². The number of carbonyl (C=O) groups excluding carboxylic acids is 1. The molecule has 140 valence electrons. The molecule has 0 aliphatic carbocycles. The molecule has 27 heavy (non-hydrogen) atoms. The van der Waals surface area contributed by atoms with Crippen molar-refractivity contribution in [1.29, 1.82) is 0 Å². The molecule has 3 aromatic rings. The summed E-state index contributed by atoms with van der Waals surface area (Å²) in [4.78, 5) is 32.1. The molecule has 2 heterocycles. The Labute approximate surface area is 161 Å². The number of amides is 1. The van der Waals surface area contributed by atoms with Crippen LogP contribution in [0, 0.1) is 20.8 Å². The predicted octanol–water partition coefficient (Wildman–Crippen LogP) is 3.35. The molecule has 8 heteroatoms. The molecule has 2 N–H and O–H groups in total. The lowest BCUT2D eigenvalue weighted by Gasteiger charge is -2.11. The number of hydrogen-bond acceptors (Lipinski definition) is 4. The van der Waals surface area contributed by atoms with Gasteiger partial charge in [0.2, 0.25) is 5.95 Å². The van der Waals surface area contributed by atoms with E-state index in [0.717, 1.165) is 11.3 Å². The van der Waals surface area contributed by atoms with Crippen LogP contribution in [0.2, 0.25) is 5.02 Å². The number of halogens is 1. The van der Waals surface area contributed by atoms with Gasteiger partial charge in [-0.05, 0) is 51.5 Å². The maximum Gasteiger partial charge on any atom is 0.256 e. The Kier molecular flexibility index (Phi) is 5.14. The Bertz CT molecular complexity index is 1070. The number of anilines is 1. The van der Waals surface area contributed by atoms with Gasteiger partial charge in [0, 0.05) is 27.4 Å². The third-order valence-corrected chi connectivity index (χ3v) is 4.71. The smallest absolute Gasteiger partial charge is 0.256 e. The second-order valence-electron chi connectivity index (χ2n) is 6.24. The van der Waals surface area contributed by atoms with Crippen molar-refractivity contribution in [3.05, 3.63) is 67.7 Å². The van der Waals surface area contributed by atoms with Crippen LogP contribution >= 0.6 is 11.6 Å². The van der Waals surface area contributed by atoms with Crippen molar-refractivity contribution in [2.45, 2.75) is 34.1 Å². The molecule has 3 rings (SSSR count). The quantitative estimate of drug-likeness (QED) is 0.720. The van der Waals surface area contributed by atoms with Crippen LogP contribution in [-0.2, 0) is 6.42 Å². The maximum absolute atomic E-state index is 12.6. The Balaban J connectivity index is 2.04. The molecule has 0 atom stereocenters. The Hall–Kier alpha value is -2.93. The van der Waals surface area contributed by atoms with Crippen LogP contribution in [0.25, 0.3) is 5.95 Å². The minimum Gasteiger partial charge on any atom is -0.306 e. The normalized spacial score (nSPS) is 10.9. The lowest BCUT2D eigenvalue weighted by Crippen LogP contribution is -2.22. The number of benzene rings is 1. The molecule has 0 aliphatic heterocycles. The van der Waals surface area contributed by atoms with E-state index < -0.39 is 0 Å². The molecule has 7 nitrogen and oxygen atoms in total. The number of aromatic nitrogens is 4. The number of aromatic amines is 1. The summed E-state index contributed by atoms with van der Waals surface area (Å²) in [6, 6.07) is 6.58. The van der Waals surface area contributed by atoms with Crippen LogP contribution in [0.15, 0.2) is 29.1 Å². The minimum absolute atomic E-state index is 0.208. The highest BCUT2D eigenvalue weighted by molar-refractivity contribution is 6.30. The van der Waals surface area contributed by atoms with Crippen LogP contribution in [0.3, 0.4) is 0 Å². The van der Waals surface area contributed by atoms with E-state index >= 15 is 0 Å². The van der Waals surface area contributed by atoms with Crippen molar-refractivity contribution in [2.75, 3.05) is 5.32 Å². The van der Waals surface area contributed by atoms with Crippen LogP contribution in [-0.4, -0.2) is 25.7 Å². The van der Waals surface area contributed by atoms with E-state index in [-0.39, 0.29) is 17.4 Å². The van der Waals surface area contributed by atoms with Gasteiger partial charge in [0.1, 0.15) is 5.82 Å². The van der Waals surface area contributed by atoms with Crippen molar-refractivity contribution in [3.63, 3.8) is 0 Å². The Morgan fingerprint density at radius 1 is 1.19 bits per heavy atom. The average molecular weight is 386 g/mol. The fraction of sp³-hybridized carbons (Fsp3) is 0.263. The molecule has 0 saturated heterocycles. The minimum atomic E-state index is -0.305. The topological polar surface area (TPSA) is 92.7 Å². The molecule has 0 bridgehead atoms. The van der Waals surface area contributed by atoms with Gasteiger partial charge in [-0.1, -0.05) is 18.5 Å². The number of H-pyrrole nitrogens is 1. The molecule has 0 saturated carbocycles. The first-order valence-corrected chi connectivity index (χ1v) is 8.93. The summed E-state index contributed by atoms with van der Waals surface area (Å²) in [6.07, 6.45) is 0.589.